The van der Waals surface area contributed by atoms with Gasteiger partial charge in [-0.25, -0.2) is 0 Å². The van der Waals surface area contributed by atoms with E-state index in [1.807, 2.05) is 6.92 Å². The fraction of sp³-hybridized carbons (Fsp3) is 0.655. The molecule has 5 atom stereocenters. The SMILES string of the molecule is C=C1C[C@H]([C@@H]2OC3(CCCCC3)O[C@H]2c2ccccc2)O[C@H](/C=C\C)[C@H]1O[Si](C)(C)C(C)(C)C. The molecule has 4 rings (SSSR count). The van der Waals surface area contributed by atoms with Crippen LogP contribution in [0.4, 0.5) is 0 Å². The summed E-state index contributed by atoms with van der Waals surface area (Å²) in [6.45, 7) is 18.0. The number of hydrogen-bond acceptors (Lipinski definition) is 4. The molecule has 4 nitrogen and oxygen atoms in total. The van der Waals surface area contributed by atoms with E-state index in [4.69, 9.17) is 18.6 Å². The van der Waals surface area contributed by atoms with Gasteiger partial charge in [-0.15, -0.1) is 0 Å². The molecule has 1 aromatic rings. The Bertz CT molecular complexity index is 866. The molecular weight excluding hydrogens is 440 g/mol. The minimum atomic E-state index is -1.99. The third-order valence-corrected chi connectivity index (χ3v) is 12.7. The van der Waals surface area contributed by atoms with Crippen molar-refractivity contribution < 1.29 is 18.6 Å². The van der Waals surface area contributed by atoms with Crippen LogP contribution in [0.25, 0.3) is 0 Å². The van der Waals surface area contributed by atoms with E-state index in [9.17, 15) is 0 Å². The van der Waals surface area contributed by atoms with E-state index in [1.165, 1.54) is 6.42 Å². The van der Waals surface area contributed by atoms with E-state index in [0.29, 0.717) is 0 Å². The monoisotopic (exact) mass is 484 g/mol. The average Bonchev–Trinajstić information content (AvgIpc) is 3.15. The van der Waals surface area contributed by atoms with E-state index in [2.05, 4.69) is 82.9 Å². The third kappa shape index (κ3) is 5.29. The van der Waals surface area contributed by atoms with Crippen LogP contribution in [0.5, 0.6) is 0 Å². The summed E-state index contributed by atoms with van der Waals surface area (Å²) < 4.78 is 27.2. The molecular formula is C29H44O4Si. The molecule has 0 N–H and O–H groups in total. The Morgan fingerprint density at radius 3 is 2.35 bits per heavy atom. The Morgan fingerprint density at radius 1 is 1.06 bits per heavy atom. The molecule has 0 aromatic heterocycles. The molecule has 0 radical (unpaired) electrons. The summed E-state index contributed by atoms with van der Waals surface area (Å²) >= 11 is 0. The lowest BCUT2D eigenvalue weighted by Gasteiger charge is -2.45. The first-order valence-electron chi connectivity index (χ1n) is 13.1. The van der Waals surface area contributed by atoms with Gasteiger partial charge in [-0.3, -0.25) is 0 Å². The van der Waals surface area contributed by atoms with Crippen molar-refractivity contribution in [3.8, 4) is 0 Å². The Kier molecular flexibility index (Phi) is 7.61. The fourth-order valence-electron chi connectivity index (χ4n) is 5.24. The fourth-order valence-corrected chi connectivity index (χ4v) is 6.52. The van der Waals surface area contributed by atoms with Gasteiger partial charge >= 0.3 is 0 Å². The van der Waals surface area contributed by atoms with Gasteiger partial charge < -0.3 is 18.6 Å². The van der Waals surface area contributed by atoms with Crippen LogP contribution in [-0.4, -0.2) is 38.5 Å². The molecule has 2 heterocycles. The average molecular weight is 485 g/mol. The van der Waals surface area contributed by atoms with Gasteiger partial charge in [0.1, 0.15) is 18.3 Å². The summed E-state index contributed by atoms with van der Waals surface area (Å²) in [4.78, 5) is 0. The van der Waals surface area contributed by atoms with Gasteiger partial charge in [0.05, 0.1) is 12.2 Å². The summed E-state index contributed by atoms with van der Waals surface area (Å²) in [6.07, 6.45) is 9.63. The van der Waals surface area contributed by atoms with Crippen molar-refractivity contribution in [1.82, 2.24) is 0 Å². The van der Waals surface area contributed by atoms with Crippen LogP contribution in [0.1, 0.15) is 77.9 Å². The highest BCUT2D eigenvalue weighted by Crippen LogP contribution is 2.49. The summed E-state index contributed by atoms with van der Waals surface area (Å²) in [5.41, 5.74) is 2.26. The van der Waals surface area contributed by atoms with Crippen LogP contribution in [-0.2, 0) is 18.6 Å². The van der Waals surface area contributed by atoms with Gasteiger partial charge in [-0.1, -0.05) is 76.3 Å². The maximum Gasteiger partial charge on any atom is 0.193 e. The minimum Gasteiger partial charge on any atom is -0.407 e. The molecule has 1 spiro atoms. The number of allylic oxidation sites excluding steroid dienone is 1. The van der Waals surface area contributed by atoms with Crippen molar-refractivity contribution in [3.05, 3.63) is 60.2 Å². The van der Waals surface area contributed by atoms with Crippen LogP contribution in [0, 0.1) is 0 Å². The Labute approximate surface area is 207 Å². The topological polar surface area (TPSA) is 36.9 Å². The first-order chi connectivity index (χ1) is 16.1. The third-order valence-electron chi connectivity index (χ3n) is 8.21. The lowest BCUT2D eigenvalue weighted by molar-refractivity contribution is -0.207. The van der Waals surface area contributed by atoms with E-state index in [1.54, 1.807) is 0 Å². The van der Waals surface area contributed by atoms with Gasteiger partial charge in [-0.2, -0.15) is 0 Å². The molecule has 2 saturated heterocycles. The molecule has 5 heteroatoms. The second-order valence-electron chi connectivity index (χ2n) is 11.8. The standard InChI is InChI=1S/C29H44O4Si/c1-8-15-23-25(33-34(6,7)28(3,4)5)21(2)20-24(30-23)27-26(22-16-11-9-12-17-22)31-29(32-27)18-13-10-14-19-29/h8-9,11-12,15-17,23-27H,2,10,13-14,18-20H2,1,3-7H3/b15-8-/t23-,24-,25+,26+,27+/m1/s1. The molecule has 1 aromatic carbocycles. The maximum atomic E-state index is 6.84. The molecule has 1 aliphatic carbocycles. The molecule has 0 unspecified atom stereocenters. The first-order valence-corrected chi connectivity index (χ1v) is 16.0. The summed E-state index contributed by atoms with van der Waals surface area (Å²) in [5, 5.41) is 0.124. The Morgan fingerprint density at radius 2 is 1.74 bits per heavy atom. The molecule has 1 saturated carbocycles. The normalized spacial score (nSPS) is 32.5. The smallest absolute Gasteiger partial charge is 0.193 e. The zero-order valence-corrected chi connectivity index (χ0v) is 23.0. The number of ether oxygens (including phenoxy) is 3. The van der Waals surface area contributed by atoms with Crippen LogP contribution >= 0.6 is 0 Å². The highest BCUT2D eigenvalue weighted by atomic mass is 28.4. The molecule has 0 amide bonds. The van der Waals surface area contributed by atoms with E-state index in [0.717, 1.165) is 43.2 Å². The number of rotatable bonds is 5. The summed E-state index contributed by atoms with van der Waals surface area (Å²) in [5.74, 6) is -0.487. The number of hydrogen-bond donors (Lipinski definition) is 0. The van der Waals surface area contributed by atoms with E-state index >= 15 is 0 Å². The van der Waals surface area contributed by atoms with Crippen LogP contribution in [0.2, 0.25) is 18.1 Å². The van der Waals surface area contributed by atoms with Crippen LogP contribution in [0.15, 0.2) is 54.6 Å². The predicted octanol–water partition coefficient (Wildman–Crippen LogP) is 7.48. The van der Waals surface area contributed by atoms with Gasteiger partial charge in [0.15, 0.2) is 14.1 Å². The highest BCUT2D eigenvalue weighted by Gasteiger charge is 2.53. The summed E-state index contributed by atoms with van der Waals surface area (Å²) in [6, 6.07) is 10.5. The second kappa shape index (κ2) is 10.0. The van der Waals surface area contributed by atoms with Crippen molar-refractivity contribution in [2.75, 3.05) is 0 Å². The van der Waals surface area contributed by atoms with Crippen LogP contribution in [0.3, 0.4) is 0 Å². The highest BCUT2D eigenvalue weighted by molar-refractivity contribution is 6.74. The predicted molar refractivity (Wildman–Crippen MR) is 140 cm³/mol. The van der Waals surface area contributed by atoms with E-state index < -0.39 is 14.1 Å². The summed E-state index contributed by atoms with van der Waals surface area (Å²) in [7, 11) is -1.99. The van der Waals surface area contributed by atoms with E-state index in [-0.39, 0.29) is 35.6 Å². The number of benzene rings is 1. The van der Waals surface area contributed by atoms with Crippen LogP contribution < -0.4 is 0 Å². The lowest BCUT2D eigenvalue weighted by Crippen LogP contribution is -2.52. The van der Waals surface area contributed by atoms with Crippen molar-refractivity contribution in [1.29, 1.82) is 0 Å². The quantitative estimate of drug-likeness (QED) is 0.320. The van der Waals surface area contributed by atoms with Crippen molar-refractivity contribution >= 4 is 8.32 Å². The second-order valence-corrected chi connectivity index (χ2v) is 16.6. The molecule has 188 valence electrons. The first kappa shape index (κ1) is 25.8. The van der Waals surface area contributed by atoms with Gasteiger partial charge in [0.25, 0.3) is 0 Å². The Balaban J connectivity index is 1.59. The minimum absolute atomic E-state index is 0.124. The molecule has 0 bridgehead atoms. The molecule has 34 heavy (non-hydrogen) atoms. The van der Waals surface area contributed by atoms with Crippen molar-refractivity contribution in [2.45, 2.75) is 121 Å². The van der Waals surface area contributed by atoms with Gasteiger partial charge in [0.2, 0.25) is 0 Å². The van der Waals surface area contributed by atoms with Crippen molar-refractivity contribution in [3.63, 3.8) is 0 Å². The van der Waals surface area contributed by atoms with Gasteiger partial charge in [0, 0.05) is 12.8 Å². The zero-order chi connectivity index (χ0) is 24.6. The maximum absolute atomic E-state index is 6.84. The largest absolute Gasteiger partial charge is 0.407 e. The Hall–Kier alpha value is -1.24. The lowest BCUT2D eigenvalue weighted by atomic mass is 9.90. The zero-order valence-electron chi connectivity index (χ0n) is 22.0. The van der Waals surface area contributed by atoms with Crippen molar-refractivity contribution in [2.24, 2.45) is 0 Å². The molecule has 2 aliphatic heterocycles. The van der Waals surface area contributed by atoms with Gasteiger partial charge in [-0.05, 0) is 55.5 Å². The molecule has 3 fully saturated rings. The molecule has 3 aliphatic rings.